The number of thiophene rings is 1. The molecular formula is C18H20N2O2S. The fourth-order valence-corrected chi connectivity index (χ4v) is 3.52. The second kappa shape index (κ2) is 7.42. The van der Waals surface area contributed by atoms with Crippen molar-refractivity contribution in [2.45, 2.75) is 26.2 Å². The quantitative estimate of drug-likeness (QED) is 0.463. The number of hydrogen-bond donors (Lipinski definition) is 0. The van der Waals surface area contributed by atoms with Crippen LogP contribution in [0.5, 0.6) is 0 Å². The van der Waals surface area contributed by atoms with E-state index in [1.807, 2.05) is 31.2 Å². The highest BCUT2D eigenvalue weighted by atomic mass is 32.1. The number of rotatable bonds is 3. The molecule has 0 bridgehead atoms. The second-order valence-corrected chi connectivity index (χ2v) is 6.70. The first-order valence-corrected chi connectivity index (χ1v) is 8.72. The van der Waals surface area contributed by atoms with E-state index in [9.17, 15) is 4.79 Å². The number of oxime groups is 1. The maximum atomic E-state index is 12.0. The van der Waals surface area contributed by atoms with E-state index < -0.39 is 0 Å². The molecule has 23 heavy (non-hydrogen) atoms. The van der Waals surface area contributed by atoms with E-state index in [2.05, 4.69) is 23.4 Å². The molecule has 4 nitrogen and oxygen atoms in total. The number of nitrogens with zero attached hydrogens (tertiary/aromatic N) is 2. The Kier molecular flexibility index (Phi) is 5.08. The van der Waals surface area contributed by atoms with Crippen molar-refractivity contribution in [3.63, 3.8) is 0 Å². The zero-order chi connectivity index (χ0) is 16.1. The first kappa shape index (κ1) is 15.7. The molecule has 1 saturated heterocycles. The minimum Gasteiger partial charge on any atom is -0.306 e. The molecule has 3 rings (SSSR count). The van der Waals surface area contributed by atoms with Crippen molar-refractivity contribution < 1.29 is 9.63 Å². The third kappa shape index (κ3) is 3.99. The van der Waals surface area contributed by atoms with Crippen LogP contribution in [0.2, 0.25) is 0 Å². The minimum absolute atomic E-state index is 0.344. The Hall–Kier alpha value is -2.14. The summed E-state index contributed by atoms with van der Waals surface area (Å²) < 4.78 is 0. The molecule has 1 aliphatic rings. The van der Waals surface area contributed by atoms with Crippen LogP contribution in [0.1, 0.15) is 31.1 Å². The fraction of sp³-hybridized carbons (Fsp3) is 0.333. The van der Waals surface area contributed by atoms with E-state index in [0.717, 1.165) is 36.5 Å². The van der Waals surface area contributed by atoms with Gasteiger partial charge >= 0.3 is 6.09 Å². The lowest BCUT2D eigenvalue weighted by Crippen LogP contribution is -2.35. The molecule has 1 aliphatic heterocycles. The normalized spacial score (nSPS) is 15.5. The van der Waals surface area contributed by atoms with E-state index in [1.54, 1.807) is 16.2 Å². The van der Waals surface area contributed by atoms with Crippen LogP contribution in [-0.4, -0.2) is 29.8 Å². The average Bonchev–Trinajstić information content (AvgIpc) is 3.11. The zero-order valence-corrected chi connectivity index (χ0v) is 14.0. The molecule has 1 aromatic heterocycles. The topological polar surface area (TPSA) is 41.9 Å². The molecule has 1 fully saturated rings. The van der Waals surface area contributed by atoms with Gasteiger partial charge in [0.15, 0.2) is 0 Å². The van der Waals surface area contributed by atoms with Crippen molar-refractivity contribution in [1.82, 2.24) is 4.90 Å². The lowest BCUT2D eigenvalue weighted by molar-refractivity contribution is 0.0982. The Morgan fingerprint density at radius 2 is 1.83 bits per heavy atom. The van der Waals surface area contributed by atoms with Crippen LogP contribution in [0.4, 0.5) is 4.79 Å². The van der Waals surface area contributed by atoms with Crippen molar-refractivity contribution in [2.75, 3.05) is 13.1 Å². The standard InChI is InChI=1S/C18H20N2O2S/c1-14(19-22-18(21)20-12-6-3-7-13-20)16-10-11-17(23-16)15-8-4-2-5-9-15/h2,4-5,8-11H,3,6-7,12-13H2,1H3/b19-14-. The monoisotopic (exact) mass is 328 g/mol. The van der Waals surface area contributed by atoms with Crippen LogP contribution >= 0.6 is 11.3 Å². The summed E-state index contributed by atoms with van der Waals surface area (Å²) in [6, 6.07) is 14.3. The second-order valence-electron chi connectivity index (χ2n) is 5.61. The lowest BCUT2D eigenvalue weighted by Gasteiger charge is -2.24. The molecular weight excluding hydrogens is 308 g/mol. The fourth-order valence-electron chi connectivity index (χ4n) is 2.58. The molecule has 0 atom stereocenters. The Balaban J connectivity index is 1.64. The summed E-state index contributed by atoms with van der Waals surface area (Å²) in [6.07, 6.45) is 2.93. The molecule has 120 valence electrons. The Morgan fingerprint density at radius 3 is 2.57 bits per heavy atom. The van der Waals surface area contributed by atoms with Gasteiger partial charge in [0.2, 0.25) is 0 Å². The summed E-state index contributed by atoms with van der Waals surface area (Å²) >= 11 is 1.65. The predicted molar refractivity (Wildman–Crippen MR) is 93.9 cm³/mol. The Bertz CT molecular complexity index is 688. The van der Waals surface area contributed by atoms with E-state index in [-0.39, 0.29) is 6.09 Å². The van der Waals surface area contributed by atoms with Gasteiger partial charge in [-0.05, 0) is 43.9 Å². The summed E-state index contributed by atoms with van der Waals surface area (Å²) in [5, 5.41) is 4.01. The van der Waals surface area contributed by atoms with Crippen LogP contribution in [0.25, 0.3) is 10.4 Å². The van der Waals surface area contributed by atoms with Crippen molar-refractivity contribution in [3.05, 3.63) is 47.3 Å². The molecule has 1 amide bonds. The largest absolute Gasteiger partial charge is 0.435 e. The molecule has 0 aliphatic carbocycles. The average molecular weight is 328 g/mol. The van der Waals surface area contributed by atoms with Gasteiger partial charge in [0, 0.05) is 18.0 Å². The SMILES string of the molecule is C/C(=N/OC(=O)N1CCCCC1)c1ccc(-c2ccccc2)s1. The highest BCUT2D eigenvalue weighted by molar-refractivity contribution is 7.17. The van der Waals surface area contributed by atoms with Gasteiger partial charge in [-0.25, -0.2) is 4.79 Å². The van der Waals surface area contributed by atoms with E-state index >= 15 is 0 Å². The first-order valence-electron chi connectivity index (χ1n) is 7.90. The number of likely N-dealkylation sites (tertiary alicyclic amines) is 1. The molecule has 2 heterocycles. The van der Waals surface area contributed by atoms with Crippen LogP contribution in [0, 0.1) is 0 Å². The van der Waals surface area contributed by atoms with Crippen LogP contribution in [0.3, 0.4) is 0 Å². The van der Waals surface area contributed by atoms with Gasteiger partial charge in [0.1, 0.15) is 0 Å². The molecule has 2 aromatic rings. The Labute approximate surface area is 140 Å². The third-order valence-electron chi connectivity index (χ3n) is 3.90. The predicted octanol–water partition coefficient (Wildman–Crippen LogP) is 4.76. The summed E-state index contributed by atoms with van der Waals surface area (Å²) in [5.74, 6) is 0. The van der Waals surface area contributed by atoms with Crippen LogP contribution in [-0.2, 0) is 4.84 Å². The molecule has 0 spiro atoms. The number of carbonyl (C=O) groups is 1. The van der Waals surface area contributed by atoms with Gasteiger partial charge in [0.25, 0.3) is 0 Å². The van der Waals surface area contributed by atoms with Crippen molar-refractivity contribution >= 4 is 23.1 Å². The number of hydrogen-bond acceptors (Lipinski definition) is 4. The van der Waals surface area contributed by atoms with Gasteiger partial charge in [-0.2, -0.15) is 0 Å². The van der Waals surface area contributed by atoms with E-state index in [0.29, 0.717) is 0 Å². The molecule has 5 heteroatoms. The smallest absolute Gasteiger partial charge is 0.306 e. The van der Waals surface area contributed by atoms with Crippen LogP contribution in [0.15, 0.2) is 47.6 Å². The number of piperidine rings is 1. The van der Waals surface area contributed by atoms with Gasteiger partial charge in [0.05, 0.1) is 10.6 Å². The molecule has 1 aromatic carbocycles. The highest BCUT2D eigenvalue weighted by Gasteiger charge is 2.18. The maximum absolute atomic E-state index is 12.0. The summed E-state index contributed by atoms with van der Waals surface area (Å²) in [6.45, 7) is 3.40. The first-order chi connectivity index (χ1) is 11.2. The third-order valence-corrected chi connectivity index (χ3v) is 5.14. The van der Waals surface area contributed by atoms with E-state index in [4.69, 9.17) is 4.84 Å². The molecule has 0 saturated carbocycles. The van der Waals surface area contributed by atoms with Gasteiger partial charge < -0.3 is 4.90 Å². The molecule has 0 N–H and O–H groups in total. The van der Waals surface area contributed by atoms with Crippen LogP contribution < -0.4 is 0 Å². The lowest BCUT2D eigenvalue weighted by atomic mass is 10.1. The maximum Gasteiger partial charge on any atom is 0.435 e. The summed E-state index contributed by atoms with van der Waals surface area (Å²) in [5.41, 5.74) is 1.91. The van der Waals surface area contributed by atoms with Crippen molar-refractivity contribution in [3.8, 4) is 10.4 Å². The van der Waals surface area contributed by atoms with Gasteiger partial charge in [-0.15, -0.1) is 11.3 Å². The summed E-state index contributed by atoms with van der Waals surface area (Å²) in [4.78, 5) is 21.0. The van der Waals surface area contributed by atoms with Crippen molar-refractivity contribution in [2.24, 2.45) is 5.16 Å². The van der Waals surface area contributed by atoms with Gasteiger partial charge in [-0.1, -0.05) is 35.5 Å². The number of carbonyl (C=O) groups excluding carboxylic acids is 1. The highest BCUT2D eigenvalue weighted by Crippen LogP contribution is 2.28. The number of amides is 1. The van der Waals surface area contributed by atoms with E-state index in [1.165, 1.54) is 16.9 Å². The van der Waals surface area contributed by atoms with Gasteiger partial charge in [-0.3, -0.25) is 4.84 Å². The Morgan fingerprint density at radius 1 is 1.09 bits per heavy atom. The molecule has 0 unspecified atom stereocenters. The zero-order valence-electron chi connectivity index (χ0n) is 13.2. The molecule has 0 radical (unpaired) electrons. The minimum atomic E-state index is -0.344. The van der Waals surface area contributed by atoms with Crippen molar-refractivity contribution in [1.29, 1.82) is 0 Å². The number of benzene rings is 1. The summed E-state index contributed by atoms with van der Waals surface area (Å²) in [7, 11) is 0.